The summed E-state index contributed by atoms with van der Waals surface area (Å²) in [5.41, 5.74) is 3.00. The lowest BCUT2D eigenvalue weighted by Crippen LogP contribution is -1.83. The summed E-state index contributed by atoms with van der Waals surface area (Å²) in [4.78, 5) is 11.2. The molecule has 0 aromatic carbocycles. The van der Waals surface area contributed by atoms with E-state index in [1.807, 2.05) is 40.5 Å². The first-order valence-electron chi connectivity index (χ1n) is 6.50. The lowest BCUT2D eigenvalue weighted by Gasteiger charge is -2.02. The largest absolute Gasteiger partial charge is 0.307 e. The highest BCUT2D eigenvalue weighted by Crippen LogP contribution is 2.37. The third-order valence-electron chi connectivity index (χ3n) is 3.16. The van der Waals surface area contributed by atoms with E-state index < -0.39 is 0 Å². The second-order valence-corrected chi connectivity index (χ2v) is 7.01. The molecule has 4 nitrogen and oxygen atoms in total. The Labute approximate surface area is 129 Å². The molecule has 0 aliphatic heterocycles. The molecule has 0 radical (unpaired) electrons. The van der Waals surface area contributed by atoms with E-state index >= 15 is 0 Å². The molecular formula is C15H12N4S2. The van der Waals surface area contributed by atoms with Crippen LogP contribution >= 0.6 is 21.6 Å². The van der Waals surface area contributed by atoms with Gasteiger partial charge in [0.2, 0.25) is 0 Å². The first-order chi connectivity index (χ1) is 10.3. The number of pyridine rings is 2. The summed E-state index contributed by atoms with van der Waals surface area (Å²) >= 11 is 0. The van der Waals surface area contributed by atoms with Crippen LogP contribution in [-0.2, 0) is 0 Å². The van der Waals surface area contributed by atoms with Crippen LogP contribution in [0.2, 0.25) is 0 Å². The summed E-state index contributed by atoms with van der Waals surface area (Å²) in [7, 11) is 3.47. The van der Waals surface area contributed by atoms with Gasteiger partial charge in [-0.25, -0.2) is 9.97 Å². The van der Waals surface area contributed by atoms with Crippen LogP contribution in [0.1, 0.15) is 5.69 Å². The highest BCUT2D eigenvalue weighted by atomic mass is 33.1. The summed E-state index contributed by atoms with van der Waals surface area (Å²) in [6.45, 7) is 2.01. The maximum atomic E-state index is 4.49. The molecule has 4 rings (SSSR count). The minimum Gasteiger partial charge on any atom is -0.307 e. The van der Waals surface area contributed by atoms with Gasteiger partial charge in [0.05, 0.1) is 5.69 Å². The molecular weight excluding hydrogens is 300 g/mol. The molecule has 0 saturated carbocycles. The van der Waals surface area contributed by atoms with Gasteiger partial charge in [-0.2, -0.15) is 0 Å². The van der Waals surface area contributed by atoms with Crippen LogP contribution in [0.3, 0.4) is 0 Å². The number of nitrogens with zero attached hydrogens (tertiary/aromatic N) is 4. The fraction of sp³-hybridized carbons (Fsp3) is 0.0667. The van der Waals surface area contributed by atoms with Crippen molar-refractivity contribution in [2.24, 2.45) is 0 Å². The van der Waals surface area contributed by atoms with Crippen LogP contribution in [0.4, 0.5) is 0 Å². The van der Waals surface area contributed by atoms with Gasteiger partial charge in [0.1, 0.15) is 11.3 Å². The van der Waals surface area contributed by atoms with Crippen LogP contribution < -0.4 is 0 Å². The number of hydrogen-bond acceptors (Lipinski definition) is 4. The molecule has 0 N–H and O–H groups in total. The molecule has 0 aliphatic rings. The van der Waals surface area contributed by atoms with Crippen LogP contribution in [0.15, 0.2) is 65.0 Å². The van der Waals surface area contributed by atoms with E-state index in [1.165, 1.54) is 9.79 Å². The molecule has 0 unspecified atom stereocenters. The Hall–Kier alpha value is -1.92. The Kier molecular flexibility index (Phi) is 3.12. The zero-order valence-electron chi connectivity index (χ0n) is 11.3. The molecule has 0 aliphatic carbocycles. The Bertz CT molecular complexity index is 926. The van der Waals surface area contributed by atoms with Gasteiger partial charge in [-0.15, -0.1) is 0 Å². The lowest BCUT2D eigenvalue weighted by molar-refractivity contribution is 1.16. The van der Waals surface area contributed by atoms with Crippen molar-refractivity contribution < 1.29 is 0 Å². The monoisotopic (exact) mass is 312 g/mol. The number of aromatic nitrogens is 4. The number of fused-ring (bicyclic) bond motifs is 2. The van der Waals surface area contributed by atoms with E-state index in [1.54, 1.807) is 21.6 Å². The Morgan fingerprint density at radius 2 is 1.62 bits per heavy atom. The molecule has 104 valence electrons. The lowest BCUT2D eigenvalue weighted by atomic mass is 10.5. The average molecular weight is 312 g/mol. The molecule has 4 aromatic rings. The Morgan fingerprint density at radius 1 is 0.905 bits per heavy atom. The van der Waals surface area contributed by atoms with Gasteiger partial charge in [-0.1, -0.05) is 21.6 Å². The van der Waals surface area contributed by atoms with Crippen LogP contribution in [-0.4, -0.2) is 18.8 Å². The fourth-order valence-electron chi connectivity index (χ4n) is 2.18. The summed E-state index contributed by atoms with van der Waals surface area (Å²) in [6, 6.07) is 8.42. The third-order valence-corrected chi connectivity index (χ3v) is 5.54. The quantitative estimate of drug-likeness (QED) is 0.534. The predicted molar refractivity (Wildman–Crippen MR) is 86.8 cm³/mol. The van der Waals surface area contributed by atoms with Crippen molar-refractivity contribution in [1.82, 2.24) is 18.8 Å². The van der Waals surface area contributed by atoms with Crippen molar-refractivity contribution in [2.75, 3.05) is 0 Å². The summed E-state index contributed by atoms with van der Waals surface area (Å²) in [5, 5.41) is 0. The summed E-state index contributed by atoms with van der Waals surface area (Å²) < 4.78 is 4.05. The maximum absolute atomic E-state index is 4.49. The number of aryl methyl sites for hydroxylation is 1. The number of hydrogen-bond donors (Lipinski definition) is 0. The number of rotatable bonds is 3. The molecule has 4 aromatic heterocycles. The van der Waals surface area contributed by atoms with Crippen molar-refractivity contribution in [1.29, 1.82) is 0 Å². The minimum atomic E-state index is 0.972. The predicted octanol–water partition coefficient (Wildman–Crippen LogP) is 4.09. The Balaban J connectivity index is 1.56. The van der Waals surface area contributed by atoms with Crippen molar-refractivity contribution in [2.45, 2.75) is 16.7 Å². The Morgan fingerprint density at radius 3 is 2.43 bits per heavy atom. The van der Waals surface area contributed by atoms with E-state index in [2.05, 4.69) is 40.4 Å². The molecule has 0 saturated heterocycles. The normalized spacial score (nSPS) is 11.5. The molecule has 0 amide bonds. The van der Waals surface area contributed by atoms with E-state index in [0.717, 1.165) is 17.0 Å². The standard InChI is InChI=1S/C15H12N4S2/c1-11-10-19-6-3-13(9-15(19)17-11)21-20-12-2-5-18-7-4-16-14(18)8-12/h2-10H,1H3. The highest BCUT2D eigenvalue weighted by molar-refractivity contribution is 8.76. The first-order valence-corrected chi connectivity index (χ1v) is 8.65. The molecule has 6 heteroatoms. The van der Waals surface area contributed by atoms with Crippen molar-refractivity contribution >= 4 is 32.9 Å². The van der Waals surface area contributed by atoms with Gasteiger partial charge in [0.15, 0.2) is 0 Å². The summed E-state index contributed by atoms with van der Waals surface area (Å²) in [6.07, 6.45) is 9.88. The van der Waals surface area contributed by atoms with E-state index in [4.69, 9.17) is 0 Å². The summed E-state index contributed by atoms with van der Waals surface area (Å²) in [5.74, 6) is 0. The van der Waals surface area contributed by atoms with E-state index in [9.17, 15) is 0 Å². The van der Waals surface area contributed by atoms with Gasteiger partial charge < -0.3 is 8.80 Å². The molecule has 0 spiro atoms. The molecule has 21 heavy (non-hydrogen) atoms. The van der Waals surface area contributed by atoms with Gasteiger partial charge in [0.25, 0.3) is 0 Å². The van der Waals surface area contributed by atoms with E-state index in [0.29, 0.717) is 0 Å². The second kappa shape index (κ2) is 5.13. The SMILES string of the molecule is Cc1cn2ccc(SSc3ccn4ccnc4c3)cc2n1. The van der Waals surface area contributed by atoms with Gasteiger partial charge in [-0.05, 0) is 31.2 Å². The van der Waals surface area contributed by atoms with Gasteiger partial charge in [0, 0.05) is 40.8 Å². The smallest absolute Gasteiger partial charge is 0.138 e. The zero-order chi connectivity index (χ0) is 14.2. The average Bonchev–Trinajstić information content (AvgIpc) is 3.08. The topological polar surface area (TPSA) is 34.6 Å². The minimum absolute atomic E-state index is 0.972. The van der Waals surface area contributed by atoms with Gasteiger partial charge in [-0.3, -0.25) is 0 Å². The van der Waals surface area contributed by atoms with Crippen LogP contribution in [0.5, 0.6) is 0 Å². The van der Waals surface area contributed by atoms with Crippen LogP contribution in [0, 0.1) is 6.92 Å². The number of imidazole rings is 2. The first kappa shape index (κ1) is 12.8. The van der Waals surface area contributed by atoms with Gasteiger partial charge >= 0.3 is 0 Å². The fourth-order valence-corrected chi connectivity index (χ4v) is 4.11. The van der Waals surface area contributed by atoms with Crippen molar-refractivity contribution in [3.05, 3.63) is 60.9 Å². The highest BCUT2D eigenvalue weighted by Gasteiger charge is 2.03. The van der Waals surface area contributed by atoms with Crippen molar-refractivity contribution in [3.8, 4) is 0 Å². The third kappa shape index (κ3) is 2.52. The van der Waals surface area contributed by atoms with Crippen LogP contribution in [0.25, 0.3) is 11.3 Å². The second-order valence-electron chi connectivity index (χ2n) is 4.73. The molecule has 0 bridgehead atoms. The molecule has 0 atom stereocenters. The van der Waals surface area contributed by atoms with Crippen molar-refractivity contribution in [3.63, 3.8) is 0 Å². The zero-order valence-corrected chi connectivity index (χ0v) is 12.9. The molecule has 0 fully saturated rings. The molecule has 4 heterocycles. The maximum Gasteiger partial charge on any atom is 0.138 e. The van der Waals surface area contributed by atoms with E-state index in [-0.39, 0.29) is 0 Å².